The molecule has 0 bridgehead atoms. The van der Waals surface area contributed by atoms with E-state index in [9.17, 15) is 0 Å². The summed E-state index contributed by atoms with van der Waals surface area (Å²) in [6, 6.07) is 15.8. The Morgan fingerprint density at radius 2 is 1.66 bits per heavy atom. The minimum atomic E-state index is 0.674. The van der Waals surface area contributed by atoms with E-state index >= 15 is 0 Å². The van der Waals surface area contributed by atoms with Gasteiger partial charge in [0.1, 0.15) is 6.33 Å². The summed E-state index contributed by atoms with van der Waals surface area (Å²) in [7, 11) is 5.18. The lowest BCUT2D eigenvalue weighted by Crippen LogP contribution is -1.96. The van der Waals surface area contributed by atoms with Gasteiger partial charge in [-0.15, -0.1) is 10.2 Å². The van der Waals surface area contributed by atoms with Crippen molar-refractivity contribution in [1.29, 1.82) is 0 Å². The number of ether oxygens (including phenoxy) is 2. The van der Waals surface area contributed by atoms with Crippen LogP contribution in [0.25, 0.3) is 22.5 Å². The molecule has 0 fully saturated rings. The van der Waals surface area contributed by atoms with E-state index in [0.717, 1.165) is 33.9 Å². The van der Waals surface area contributed by atoms with Gasteiger partial charge in [0.2, 0.25) is 0 Å². The van der Waals surface area contributed by atoms with Gasteiger partial charge in [0, 0.05) is 41.9 Å². The average Bonchev–Trinajstić information content (AvgIpc) is 3.20. The number of nitrogens with zero attached hydrogens (tertiary/aromatic N) is 4. The Morgan fingerprint density at radius 3 is 2.34 bits per heavy atom. The molecule has 0 aliphatic heterocycles. The minimum Gasteiger partial charge on any atom is -0.493 e. The fraction of sp³-hybridized carbons (Fsp3) is 0.136. The standard InChI is InChI=1S/C22H21N5O2/c1-27-14-24-26-22(27)15-4-7-17(8-5-15)25-19-10-11-23-13-18(19)16-6-9-20(28-2)21(12-16)29-3/h4-14H,1-3H3,(H,23,25). The maximum Gasteiger partial charge on any atom is 0.163 e. The molecule has 0 amide bonds. The lowest BCUT2D eigenvalue weighted by Gasteiger charge is -2.14. The second kappa shape index (κ2) is 8.02. The number of anilines is 2. The number of rotatable bonds is 6. The lowest BCUT2D eigenvalue weighted by molar-refractivity contribution is 0.355. The van der Waals surface area contributed by atoms with Crippen LogP contribution in [0.4, 0.5) is 11.4 Å². The molecule has 1 N–H and O–H groups in total. The third-order valence-corrected chi connectivity index (χ3v) is 4.65. The number of pyridine rings is 1. The fourth-order valence-corrected chi connectivity index (χ4v) is 3.14. The van der Waals surface area contributed by atoms with Gasteiger partial charge in [-0.05, 0) is 48.0 Å². The van der Waals surface area contributed by atoms with Crippen molar-refractivity contribution in [2.24, 2.45) is 7.05 Å². The summed E-state index contributed by atoms with van der Waals surface area (Å²) in [6.07, 6.45) is 5.28. The summed E-state index contributed by atoms with van der Waals surface area (Å²) in [5.41, 5.74) is 4.85. The molecule has 2 heterocycles. The molecule has 0 aliphatic carbocycles. The van der Waals surface area contributed by atoms with Crippen LogP contribution in [0, 0.1) is 0 Å². The SMILES string of the molecule is COc1ccc(-c2cnccc2Nc2ccc(-c3nncn3C)cc2)cc1OC. The van der Waals surface area contributed by atoms with Crippen molar-refractivity contribution >= 4 is 11.4 Å². The molecular weight excluding hydrogens is 366 g/mol. The molecular formula is C22H21N5O2. The Morgan fingerprint density at radius 1 is 0.897 bits per heavy atom. The van der Waals surface area contributed by atoms with Crippen LogP contribution in [0.2, 0.25) is 0 Å². The van der Waals surface area contributed by atoms with Crippen molar-refractivity contribution in [3.05, 3.63) is 67.3 Å². The van der Waals surface area contributed by atoms with Crippen LogP contribution < -0.4 is 14.8 Å². The summed E-state index contributed by atoms with van der Waals surface area (Å²) in [6.45, 7) is 0. The smallest absolute Gasteiger partial charge is 0.163 e. The lowest BCUT2D eigenvalue weighted by atomic mass is 10.0. The molecule has 2 aromatic carbocycles. The van der Waals surface area contributed by atoms with Crippen molar-refractivity contribution in [2.45, 2.75) is 0 Å². The molecule has 146 valence electrons. The summed E-state index contributed by atoms with van der Waals surface area (Å²) >= 11 is 0. The summed E-state index contributed by atoms with van der Waals surface area (Å²) in [5.74, 6) is 2.19. The maximum atomic E-state index is 5.44. The first kappa shape index (κ1) is 18.5. The van der Waals surface area contributed by atoms with Crippen LogP contribution in [0.3, 0.4) is 0 Å². The quantitative estimate of drug-likeness (QED) is 0.532. The highest BCUT2D eigenvalue weighted by atomic mass is 16.5. The Hall–Kier alpha value is -3.87. The molecule has 7 heteroatoms. The van der Waals surface area contributed by atoms with Gasteiger partial charge in [0.25, 0.3) is 0 Å². The largest absolute Gasteiger partial charge is 0.493 e. The first-order valence-electron chi connectivity index (χ1n) is 9.07. The van der Waals surface area contributed by atoms with E-state index in [1.165, 1.54) is 0 Å². The molecule has 0 saturated carbocycles. The van der Waals surface area contributed by atoms with Crippen molar-refractivity contribution < 1.29 is 9.47 Å². The molecule has 2 aromatic heterocycles. The molecule has 0 spiro atoms. The van der Waals surface area contributed by atoms with Gasteiger partial charge in [0.05, 0.1) is 14.2 Å². The van der Waals surface area contributed by atoms with E-state index in [1.807, 2.05) is 66.3 Å². The van der Waals surface area contributed by atoms with E-state index in [2.05, 4.69) is 20.5 Å². The molecule has 0 unspecified atom stereocenters. The Labute approximate surface area is 169 Å². The highest BCUT2D eigenvalue weighted by molar-refractivity contribution is 5.81. The van der Waals surface area contributed by atoms with Crippen molar-refractivity contribution in [3.63, 3.8) is 0 Å². The molecule has 0 aliphatic rings. The average molecular weight is 387 g/mol. The van der Waals surface area contributed by atoms with E-state index < -0.39 is 0 Å². The monoisotopic (exact) mass is 387 g/mol. The number of nitrogens with one attached hydrogen (secondary N) is 1. The van der Waals surface area contributed by atoms with Crippen LogP contribution in [-0.4, -0.2) is 34.0 Å². The highest BCUT2D eigenvalue weighted by Gasteiger charge is 2.11. The zero-order valence-electron chi connectivity index (χ0n) is 16.5. The Bertz CT molecular complexity index is 1120. The van der Waals surface area contributed by atoms with E-state index in [4.69, 9.17) is 9.47 Å². The topological polar surface area (TPSA) is 74.1 Å². The molecule has 4 aromatic rings. The zero-order valence-corrected chi connectivity index (χ0v) is 16.5. The van der Waals surface area contributed by atoms with Crippen molar-refractivity contribution in [3.8, 4) is 34.0 Å². The molecule has 4 rings (SSSR count). The zero-order chi connectivity index (χ0) is 20.2. The number of aryl methyl sites for hydroxylation is 1. The molecule has 29 heavy (non-hydrogen) atoms. The number of benzene rings is 2. The van der Waals surface area contributed by atoms with E-state index in [-0.39, 0.29) is 0 Å². The second-order valence-corrected chi connectivity index (χ2v) is 6.46. The second-order valence-electron chi connectivity index (χ2n) is 6.46. The number of hydrogen-bond acceptors (Lipinski definition) is 6. The predicted molar refractivity (Wildman–Crippen MR) is 112 cm³/mol. The van der Waals surface area contributed by atoms with Gasteiger partial charge in [-0.25, -0.2) is 0 Å². The molecule has 0 radical (unpaired) electrons. The number of aromatic nitrogens is 4. The third-order valence-electron chi connectivity index (χ3n) is 4.65. The van der Waals surface area contributed by atoms with E-state index in [0.29, 0.717) is 11.5 Å². The molecule has 0 saturated heterocycles. The summed E-state index contributed by atoms with van der Waals surface area (Å²) in [4.78, 5) is 4.29. The van der Waals surface area contributed by atoms with Gasteiger partial charge in [-0.3, -0.25) is 4.98 Å². The van der Waals surface area contributed by atoms with Crippen LogP contribution in [0.1, 0.15) is 0 Å². The van der Waals surface area contributed by atoms with Crippen LogP contribution in [0.5, 0.6) is 11.5 Å². The van der Waals surface area contributed by atoms with E-state index in [1.54, 1.807) is 26.7 Å². The predicted octanol–water partition coefficient (Wildman–Crippen LogP) is 4.30. The maximum absolute atomic E-state index is 5.44. The Kier molecular flexibility index (Phi) is 5.11. The van der Waals surface area contributed by atoms with Gasteiger partial charge >= 0.3 is 0 Å². The number of hydrogen-bond donors (Lipinski definition) is 1. The molecule has 7 nitrogen and oxygen atoms in total. The van der Waals surface area contributed by atoms with Gasteiger partial charge < -0.3 is 19.4 Å². The van der Waals surface area contributed by atoms with Crippen molar-refractivity contribution in [1.82, 2.24) is 19.7 Å². The van der Waals surface area contributed by atoms with Crippen LogP contribution in [-0.2, 0) is 7.05 Å². The first-order chi connectivity index (χ1) is 14.2. The third kappa shape index (κ3) is 3.75. The Balaban J connectivity index is 1.63. The molecule has 0 atom stereocenters. The van der Waals surface area contributed by atoms with Gasteiger partial charge in [-0.1, -0.05) is 6.07 Å². The van der Waals surface area contributed by atoms with Crippen LogP contribution >= 0.6 is 0 Å². The normalized spacial score (nSPS) is 10.6. The fourth-order valence-electron chi connectivity index (χ4n) is 3.14. The summed E-state index contributed by atoms with van der Waals surface area (Å²) in [5, 5.41) is 11.5. The number of methoxy groups -OCH3 is 2. The highest BCUT2D eigenvalue weighted by Crippen LogP contribution is 2.36. The van der Waals surface area contributed by atoms with Crippen LogP contribution in [0.15, 0.2) is 67.3 Å². The van der Waals surface area contributed by atoms with Crippen molar-refractivity contribution in [2.75, 3.05) is 19.5 Å². The minimum absolute atomic E-state index is 0.674. The summed E-state index contributed by atoms with van der Waals surface area (Å²) < 4.78 is 12.7. The first-order valence-corrected chi connectivity index (χ1v) is 9.07. The van der Waals surface area contributed by atoms with Gasteiger partial charge in [-0.2, -0.15) is 0 Å². The van der Waals surface area contributed by atoms with Gasteiger partial charge in [0.15, 0.2) is 17.3 Å².